The molecule has 0 aromatic carbocycles. The number of nitrogen functional groups attached to an aromatic ring is 1. The first kappa shape index (κ1) is 12.3. The number of anilines is 1. The molecular weight excluding hydrogens is 242 g/mol. The van der Waals surface area contributed by atoms with Gasteiger partial charge in [-0.05, 0) is 0 Å². The maximum absolute atomic E-state index is 11.5. The van der Waals surface area contributed by atoms with Gasteiger partial charge in [-0.3, -0.25) is 9.78 Å². The number of imidazole rings is 1. The van der Waals surface area contributed by atoms with Crippen LogP contribution in [0.1, 0.15) is 6.42 Å². The molecule has 9 heteroatoms. The highest BCUT2D eigenvalue weighted by atomic mass is 16.7. The van der Waals surface area contributed by atoms with Crippen molar-refractivity contribution in [2.75, 3.05) is 18.9 Å². The lowest BCUT2D eigenvalue weighted by molar-refractivity contribution is -0.00642. The summed E-state index contributed by atoms with van der Waals surface area (Å²) in [6, 6.07) is 0. The highest BCUT2D eigenvalue weighted by Crippen LogP contribution is 2.06. The van der Waals surface area contributed by atoms with E-state index >= 15 is 0 Å². The van der Waals surface area contributed by atoms with Gasteiger partial charge in [0.05, 0.1) is 6.61 Å². The molecule has 0 bridgehead atoms. The maximum atomic E-state index is 11.5. The Morgan fingerprint density at radius 3 is 3.00 bits per heavy atom. The third-order valence-corrected chi connectivity index (χ3v) is 2.31. The van der Waals surface area contributed by atoms with Crippen LogP contribution in [0.2, 0.25) is 0 Å². The largest absolute Gasteiger partial charge is 0.405 e. The topological polar surface area (TPSA) is 139 Å². The lowest BCUT2D eigenvalue weighted by Crippen LogP contribution is -2.29. The first-order valence-corrected chi connectivity index (χ1v) is 5.27. The van der Waals surface area contributed by atoms with Gasteiger partial charge in [0, 0.05) is 13.0 Å². The van der Waals surface area contributed by atoms with Crippen LogP contribution >= 0.6 is 0 Å². The van der Waals surface area contributed by atoms with E-state index in [1.807, 2.05) is 0 Å². The van der Waals surface area contributed by atoms with Gasteiger partial charge >= 0.3 is 0 Å². The molecule has 9 nitrogen and oxygen atoms in total. The number of fused-ring (bicyclic) bond motifs is 1. The van der Waals surface area contributed by atoms with Crippen molar-refractivity contribution in [2.24, 2.45) is 0 Å². The average Bonchev–Trinajstić information content (AvgIpc) is 2.72. The molecule has 0 radical (unpaired) electrons. The number of nitrogens with one attached hydrogen (secondary N) is 1. The van der Waals surface area contributed by atoms with Gasteiger partial charge in [0.2, 0.25) is 11.6 Å². The minimum absolute atomic E-state index is 0.0550. The van der Waals surface area contributed by atoms with Crippen LogP contribution in [-0.4, -0.2) is 49.2 Å². The van der Waals surface area contributed by atoms with E-state index in [2.05, 4.69) is 15.0 Å². The van der Waals surface area contributed by atoms with Gasteiger partial charge in [0.25, 0.3) is 5.56 Å². The van der Waals surface area contributed by atoms with E-state index < -0.39 is 11.7 Å². The van der Waals surface area contributed by atoms with Crippen molar-refractivity contribution in [2.45, 2.75) is 12.5 Å². The summed E-state index contributed by atoms with van der Waals surface area (Å²) < 4.78 is 1.15. The highest BCUT2D eigenvalue weighted by molar-refractivity contribution is 5.69. The smallest absolute Gasteiger partial charge is 0.280 e. The fourth-order valence-corrected chi connectivity index (χ4v) is 1.47. The minimum Gasteiger partial charge on any atom is -0.405 e. The normalized spacial score (nSPS) is 12.8. The molecule has 18 heavy (non-hydrogen) atoms. The fourth-order valence-electron chi connectivity index (χ4n) is 1.47. The standard InChI is InChI=1S/C9H13N5O4/c10-9-12-7-6(8(17)13-9)11-4-14(7)18-5(3-16)1-2-15/h4-5,15-16H,1-3H2,(H3,10,12,13,17). The molecule has 2 heterocycles. The second-order valence-corrected chi connectivity index (χ2v) is 3.62. The van der Waals surface area contributed by atoms with Gasteiger partial charge in [-0.15, -0.1) is 0 Å². The molecule has 1 atom stereocenters. The summed E-state index contributed by atoms with van der Waals surface area (Å²) in [7, 11) is 0. The molecule has 98 valence electrons. The fraction of sp³-hybridized carbons (Fsp3) is 0.444. The van der Waals surface area contributed by atoms with Crippen LogP contribution in [0.4, 0.5) is 5.95 Å². The van der Waals surface area contributed by atoms with Gasteiger partial charge < -0.3 is 20.8 Å². The van der Waals surface area contributed by atoms with Crippen LogP contribution < -0.4 is 16.1 Å². The molecule has 0 fully saturated rings. The zero-order valence-corrected chi connectivity index (χ0v) is 9.41. The van der Waals surface area contributed by atoms with E-state index in [4.69, 9.17) is 20.8 Å². The highest BCUT2D eigenvalue weighted by Gasteiger charge is 2.14. The van der Waals surface area contributed by atoms with Crippen LogP contribution in [0.3, 0.4) is 0 Å². The minimum atomic E-state index is -0.616. The Balaban J connectivity index is 2.37. The Morgan fingerprint density at radius 2 is 2.33 bits per heavy atom. The second kappa shape index (κ2) is 5.02. The van der Waals surface area contributed by atoms with Gasteiger partial charge in [0.15, 0.2) is 11.6 Å². The molecule has 0 aliphatic carbocycles. The number of aliphatic hydroxyl groups excluding tert-OH is 2. The molecule has 0 aliphatic heterocycles. The Bertz CT molecular complexity index is 592. The number of H-pyrrole nitrogens is 1. The second-order valence-electron chi connectivity index (χ2n) is 3.62. The van der Waals surface area contributed by atoms with E-state index in [1.165, 1.54) is 6.33 Å². The van der Waals surface area contributed by atoms with Gasteiger partial charge in [-0.1, -0.05) is 0 Å². The van der Waals surface area contributed by atoms with Crippen LogP contribution in [-0.2, 0) is 0 Å². The Morgan fingerprint density at radius 1 is 1.56 bits per heavy atom. The first-order valence-electron chi connectivity index (χ1n) is 5.27. The lowest BCUT2D eigenvalue weighted by Gasteiger charge is -2.15. The zero-order chi connectivity index (χ0) is 13.1. The molecule has 2 aromatic heterocycles. The van der Waals surface area contributed by atoms with Crippen LogP contribution in [0.15, 0.2) is 11.1 Å². The number of nitrogens with zero attached hydrogens (tertiary/aromatic N) is 3. The van der Waals surface area contributed by atoms with Crippen molar-refractivity contribution < 1.29 is 15.1 Å². The van der Waals surface area contributed by atoms with Crippen molar-refractivity contribution >= 4 is 17.1 Å². The van der Waals surface area contributed by atoms with E-state index in [9.17, 15) is 4.79 Å². The van der Waals surface area contributed by atoms with Crippen LogP contribution in [0, 0.1) is 0 Å². The van der Waals surface area contributed by atoms with Crippen LogP contribution in [0.5, 0.6) is 0 Å². The van der Waals surface area contributed by atoms with Crippen molar-refractivity contribution in [3.05, 3.63) is 16.7 Å². The summed E-state index contributed by atoms with van der Waals surface area (Å²) in [6.07, 6.45) is 0.885. The summed E-state index contributed by atoms with van der Waals surface area (Å²) >= 11 is 0. The lowest BCUT2D eigenvalue weighted by atomic mass is 10.3. The Kier molecular flexibility index (Phi) is 3.44. The molecule has 2 rings (SSSR count). The summed E-state index contributed by atoms with van der Waals surface area (Å²) in [5, 5.41) is 17.8. The zero-order valence-electron chi connectivity index (χ0n) is 9.41. The third-order valence-electron chi connectivity index (χ3n) is 2.31. The number of hydrogen-bond acceptors (Lipinski definition) is 7. The number of aromatic amines is 1. The predicted molar refractivity (Wildman–Crippen MR) is 61.7 cm³/mol. The number of aromatic nitrogens is 4. The SMILES string of the molecule is Nc1nc2c(ncn2OC(CO)CCO)c(=O)[nH]1. The summed E-state index contributed by atoms with van der Waals surface area (Å²) in [6.45, 7) is -0.410. The van der Waals surface area contributed by atoms with Crippen molar-refractivity contribution in [1.29, 1.82) is 0 Å². The van der Waals surface area contributed by atoms with Crippen molar-refractivity contribution in [3.63, 3.8) is 0 Å². The molecule has 1 unspecified atom stereocenters. The van der Waals surface area contributed by atoms with Crippen molar-refractivity contribution in [1.82, 2.24) is 19.7 Å². The number of aliphatic hydroxyl groups is 2. The summed E-state index contributed by atoms with van der Waals surface area (Å²) in [4.78, 5) is 26.9. The van der Waals surface area contributed by atoms with Gasteiger partial charge in [-0.2, -0.15) is 9.71 Å². The van der Waals surface area contributed by atoms with E-state index in [1.54, 1.807) is 0 Å². The molecule has 0 spiro atoms. The molecule has 0 amide bonds. The predicted octanol–water partition coefficient (Wildman–Crippen LogP) is -2.13. The molecule has 2 aromatic rings. The number of hydrogen-bond donors (Lipinski definition) is 4. The monoisotopic (exact) mass is 255 g/mol. The summed E-state index contributed by atoms with van der Waals surface area (Å²) in [5.41, 5.74) is 5.20. The van der Waals surface area contributed by atoms with Crippen LogP contribution in [0.25, 0.3) is 11.2 Å². The van der Waals surface area contributed by atoms with Gasteiger partial charge in [0.1, 0.15) is 6.33 Å². The maximum Gasteiger partial charge on any atom is 0.280 e. The van der Waals surface area contributed by atoms with Gasteiger partial charge in [-0.25, -0.2) is 4.98 Å². The number of rotatable bonds is 5. The van der Waals surface area contributed by atoms with E-state index in [0.29, 0.717) is 0 Å². The Labute approximate surface area is 101 Å². The van der Waals surface area contributed by atoms with E-state index in [-0.39, 0.29) is 36.7 Å². The average molecular weight is 255 g/mol. The molecule has 0 aliphatic rings. The summed E-state index contributed by atoms with van der Waals surface area (Å²) in [5.74, 6) is -0.0550. The number of nitrogens with two attached hydrogens (primary N) is 1. The van der Waals surface area contributed by atoms with Crippen molar-refractivity contribution in [3.8, 4) is 0 Å². The third kappa shape index (κ3) is 2.26. The molecule has 5 N–H and O–H groups in total. The van der Waals surface area contributed by atoms with E-state index in [0.717, 1.165) is 4.73 Å². The molecule has 0 saturated carbocycles. The quantitative estimate of drug-likeness (QED) is 0.478. The molecule has 0 saturated heterocycles. The Hall–Kier alpha value is -2.13. The first-order chi connectivity index (χ1) is 8.65. The molecular formula is C9H13N5O4.